The van der Waals surface area contributed by atoms with Gasteiger partial charge in [0.05, 0.1) is 27.4 Å². The second-order valence-electron chi connectivity index (χ2n) is 14.7. The lowest BCUT2D eigenvalue weighted by molar-refractivity contribution is 0.122. The summed E-state index contributed by atoms with van der Waals surface area (Å²) in [5, 5.41) is 2.01. The lowest BCUT2D eigenvalue weighted by Crippen LogP contribution is -2.37. The van der Waals surface area contributed by atoms with Crippen molar-refractivity contribution in [3.05, 3.63) is 149 Å². The number of hydrogen-bond acceptors (Lipinski definition) is 5. The first-order valence-electron chi connectivity index (χ1n) is 19.1. The van der Waals surface area contributed by atoms with E-state index in [2.05, 4.69) is 91.6 Å². The standard InChI is InChI=1S/C48H43F2NO4/c1-5-47(6-2)43-27-30(31-25-34(49)28-35(50)26-31)7-17-40(43)44-42-29-38(53-4)16-18-39(42)46-41(45(44)47)19-20-48(55-46,33-10-14-37(52-3)15-11-33)32-8-12-36(13-9-32)51-21-23-54-24-22-51/h7-20,25-29H,5-6,21-24H2,1-4H3. The molecular weight excluding hydrogens is 693 g/mol. The molecule has 3 aliphatic rings. The molecule has 0 saturated carbocycles. The third kappa shape index (κ3) is 5.50. The largest absolute Gasteiger partial charge is 0.497 e. The molecule has 2 heterocycles. The van der Waals surface area contributed by atoms with Crippen molar-refractivity contribution in [2.75, 3.05) is 45.4 Å². The molecule has 5 nitrogen and oxygen atoms in total. The molecule has 278 valence electrons. The van der Waals surface area contributed by atoms with Crippen LogP contribution < -0.4 is 19.1 Å². The Morgan fingerprint density at radius 1 is 0.691 bits per heavy atom. The van der Waals surface area contributed by atoms with Gasteiger partial charge in [0, 0.05) is 52.3 Å². The average Bonchev–Trinajstić information content (AvgIpc) is 3.53. The monoisotopic (exact) mass is 735 g/mol. The summed E-state index contributed by atoms with van der Waals surface area (Å²) < 4.78 is 53.6. The van der Waals surface area contributed by atoms with E-state index in [9.17, 15) is 8.78 Å². The Labute approximate surface area is 320 Å². The molecule has 55 heavy (non-hydrogen) atoms. The number of anilines is 1. The van der Waals surface area contributed by atoms with E-state index in [0.29, 0.717) is 18.8 Å². The van der Waals surface area contributed by atoms with E-state index in [1.807, 2.05) is 24.3 Å². The van der Waals surface area contributed by atoms with Crippen molar-refractivity contribution in [1.29, 1.82) is 0 Å². The highest BCUT2D eigenvalue weighted by Crippen LogP contribution is 2.61. The fourth-order valence-corrected chi connectivity index (χ4v) is 9.26. The number of methoxy groups -OCH3 is 2. The van der Waals surface area contributed by atoms with Crippen LogP contribution in [0.15, 0.2) is 109 Å². The van der Waals surface area contributed by atoms with Crippen molar-refractivity contribution >= 4 is 22.5 Å². The molecule has 2 aliphatic heterocycles. The molecule has 1 aliphatic carbocycles. The summed E-state index contributed by atoms with van der Waals surface area (Å²) in [6.45, 7) is 7.59. The molecule has 1 atom stereocenters. The van der Waals surface area contributed by atoms with E-state index in [1.165, 1.54) is 17.7 Å². The lowest BCUT2D eigenvalue weighted by Gasteiger charge is -2.39. The number of hydrogen-bond donors (Lipinski definition) is 0. The Morgan fingerprint density at radius 3 is 2.00 bits per heavy atom. The molecule has 0 radical (unpaired) electrons. The summed E-state index contributed by atoms with van der Waals surface area (Å²) in [5.74, 6) is 1.13. The molecule has 1 fully saturated rings. The maximum Gasteiger partial charge on any atom is 0.178 e. The van der Waals surface area contributed by atoms with Crippen molar-refractivity contribution in [2.45, 2.75) is 37.7 Å². The maximum atomic E-state index is 14.5. The van der Waals surface area contributed by atoms with Gasteiger partial charge in [-0.2, -0.15) is 0 Å². The smallest absolute Gasteiger partial charge is 0.178 e. The quantitative estimate of drug-likeness (QED) is 0.156. The van der Waals surface area contributed by atoms with Crippen LogP contribution in [0.3, 0.4) is 0 Å². The van der Waals surface area contributed by atoms with E-state index in [4.69, 9.17) is 18.9 Å². The second kappa shape index (κ2) is 13.6. The summed E-state index contributed by atoms with van der Waals surface area (Å²) in [7, 11) is 3.36. The molecule has 0 N–H and O–H groups in total. The van der Waals surface area contributed by atoms with Crippen molar-refractivity contribution in [3.8, 4) is 39.5 Å². The van der Waals surface area contributed by atoms with Gasteiger partial charge in [0.1, 0.15) is 28.9 Å². The van der Waals surface area contributed by atoms with Gasteiger partial charge >= 0.3 is 0 Å². The van der Waals surface area contributed by atoms with Crippen molar-refractivity contribution in [1.82, 2.24) is 0 Å². The Balaban J connectivity index is 1.28. The highest BCUT2D eigenvalue weighted by Gasteiger charge is 2.47. The van der Waals surface area contributed by atoms with Gasteiger partial charge in [-0.05, 0) is 118 Å². The van der Waals surface area contributed by atoms with E-state index >= 15 is 0 Å². The molecule has 0 spiro atoms. The van der Waals surface area contributed by atoms with E-state index in [0.717, 1.165) is 105 Å². The summed E-state index contributed by atoms with van der Waals surface area (Å²) in [4.78, 5) is 2.35. The van der Waals surface area contributed by atoms with Crippen molar-refractivity contribution < 1.29 is 27.7 Å². The number of ether oxygens (including phenoxy) is 4. The third-order valence-electron chi connectivity index (χ3n) is 12.1. The van der Waals surface area contributed by atoms with Crippen LogP contribution in [0.2, 0.25) is 0 Å². The molecule has 1 saturated heterocycles. The zero-order valence-electron chi connectivity index (χ0n) is 31.5. The van der Waals surface area contributed by atoms with Crippen molar-refractivity contribution in [2.24, 2.45) is 0 Å². The summed E-state index contributed by atoms with van der Waals surface area (Å²) >= 11 is 0. The van der Waals surface area contributed by atoms with E-state index in [-0.39, 0.29) is 0 Å². The maximum absolute atomic E-state index is 14.5. The molecule has 0 amide bonds. The summed E-state index contributed by atoms with van der Waals surface area (Å²) in [6.07, 6.45) is 6.09. The van der Waals surface area contributed by atoms with Crippen LogP contribution in [0.4, 0.5) is 14.5 Å². The van der Waals surface area contributed by atoms with Crippen LogP contribution in [0, 0.1) is 11.6 Å². The zero-order chi connectivity index (χ0) is 37.9. The van der Waals surface area contributed by atoms with E-state index in [1.54, 1.807) is 14.2 Å². The van der Waals surface area contributed by atoms with Crippen LogP contribution in [-0.2, 0) is 15.8 Å². The first-order valence-corrected chi connectivity index (χ1v) is 19.1. The van der Waals surface area contributed by atoms with Gasteiger partial charge in [0.2, 0.25) is 0 Å². The molecular formula is C48H43F2NO4. The highest BCUT2D eigenvalue weighted by atomic mass is 19.1. The minimum atomic E-state index is -0.953. The molecule has 9 rings (SSSR count). The van der Waals surface area contributed by atoms with Gasteiger partial charge in [-0.15, -0.1) is 0 Å². The molecule has 1 unspecified atom stereocenters. The molecule has 0 bridgehead atoms. The Bertz CT molecular complexity index is 2440. The fraction of sp³-hybridized carbons (Fsp3) is 0.250. The van der Waals surface area contributed by atoms with Gasteiger partial charge < -0.3 is 23.8 Å². The van der Waals surface area contributed by atoms with Crippen LogP contribution >= 0.6 is 0 Å². The van der Waals surface area contributed by atoms with Crippen LogP contribution in [-0.4, -0.2) is 40.5 Å². The van der Waals surface area contributed by atoms with E-state index < -0.39 is 22.7 Å². The van der Waals surface area contributed by atoms with Crippen LogP contribution in [0.1, 0.15) is 54.5 Å². The predicted octanol–water partition coefficient (Wildman–Crippen LogP) is 11.1. The fourth-order valence-electron chi connectivity index (χ4n) is 9.26. The number of rotatable bonds is 8. The lowest BCUT2D eigenvalue weighted by atomic mass is 9.70. The number of nitrogens with zero attached hydrogens (tertiary/aromatic N) is 1. The Morgan fingerprint density at radius 2 is 1.35 bits per heavy atom. The minimum absolute atomic E-state index is 0.401. The van der Waals surface area contributed by atoms with Crippen LogP contribution in [0.5, 0.6) is 17.2 Å². The predicted molar refractivity (Wildman–Crippen MR) is 216 cm³/mol. The molecule has 0 aromatic heterocycles. The van der Waals surface area contributed by atoms with Gasteiger partial charge in [-0.1, -0.05) is 56.3 Å². The third-order valence-corrected chi connectivity index (χ3v) is 12.1. The van der Waals surface area contributed by atoms with Crippen molar-refractivity contribution in [3.63, 3.8) is 0 Å². The molecule has 6 aromatic carbocycles. The Hall–Kier alpha value is -5.66. The topological polar surface area (TPSA) is 40.2 Å². The SMILES string of the molecule is CCC1(CC)c2cc(-c3cc(F)cc(F)c3)ccc2-c2c1c1c(c3ccc(OC)cc23)OC(c2ccc(OC)cc2)(c2ccc(N3CCOCC3)cc2)C=C1. The van der Waals surface area contributed by atoms with Gasteiger partial charge in [-0.25, -0.2) is 8.78 Å². The number of morpholine rings is 1. The number of benzene rings is 6. The van der Waals surface area contributed by atoms with Crippen LogP contribution in [0.25, 0.3) is 39.1 Å². The Kier molecular flexibility index (Phi) is 8.65. The second-order valence-corrected chi connectivity index (χ2v) is 14.7. The number of halogens is 2. The van der Waals surface area contributed by atoms with Gasteiger partial charge in [0.15, 0.2) is 5.60 Å². The first kappa shape index (κ1) is 35.1. The highest BCUT2D eigenvalue weighted by molar-refractivity contribution is 6.09. The normalized spacial score (nSPS) is 18.0. The minimum Gasteiger partial charge on any atom is -0.497 e. The number of fused-ring (bicyclic) bond motifs is 8. The molecule has 7 heteroatoms. The van der Waals surface area contributed by atoms with Gasteiger partial charge in [-0.3, -0.25) is 0 Å². The molecule has 6 aromatic rings. The summed E-state index contributed by atoms with van der Waals surface area (Å²) in [5.41, 5.74) is 8.71. The first-order chi connectivity index (χ1) is 26.8. The zero-order valence-corrected chi connectivity index (χ0v) is 31.5. The average molecular weight is 736 g/mol. The summed E-state index contributed by atoms with van der Waals surface area (Å²) in [6, 6.07) is 33.0. The van der Waals surface area contributed by atoms with Gasteiger partial charge in [0.25, 0.3) is 0 Å².